The molecule has 0 spiro atoms. The van der Waals surface area contributed by atoms with Crippen LogP contribution < -0.4 is 4.90 Å². The lowest BCUT2D eigenvalue weighted by atomic mass is 9.84. The first kappa shape index (κ1) is 39.4. The second kappa shape index (κ2) is 16.5. The highest BCUT2D eigenvalue weighted by Gasteiger charge is 2.21. The van der Waals surface area contributed by atoms with Crippen molar-refractivity contribution in [2.75, 3.05) is 4.90 Å². The Hall–Kier alpha value is -8.98. The number of hydrogen-bond acceptors (Lipinski definition) is 1. The van der Waals surface area contributed by atoms with E-state index in [0.717, 1.165) is 33.8 Å². The number of rotatable bonds is 8. The summed E-state index contributed by atoms with van der Waals surface area (Å²) in [5.41, 5.74) is 16.4. The minimum absolute atomic E-state index is 1.08. The summed E-state index contributed by atoms with van der Waals surface area (Å²) in [5, 5.41) is 9.92. The van der Waals surface area contributed by atoms with Gasteiger partial charge in [0.1, 0.15) is 0 Å². The first-order valence-electron chi connectivity index (χ1n) is 23.4. The Balaban J connectivity index is 0.974. The summed E-state index contributed by atoms with van der Waals surface area (Å²) >= 11 is 0. The van der Waals surface area contributed by atoms with Gasteiger partial charge in [-0.1, -0.05) is 206 Å². The molecule has 0 N–H and O–H groups in total. The summed E-state index contributed by atoms with van der Waals surface area (Å²) in [5.74, 6) is 0. The van der Waals surface area contributed by atoms with Crippen LogP contribution in [0.4, 0.5) is 17.1 Å². The molecule has 0 saturated carbocycles. The van der Waals surface area contributed by atoms with Crippen LogP contribution in [0.5, 0.6) is 0 Å². The van der Waals surface area contributed by atoms with E-state index in [1.54, 1.807) is 0 Å². The van der Waals surface area contributed by atoms with Crippen LogP contribution in [0.3, 0.4) is 0 Å². The maximum absolute atomic E-state index is 2.43. The summed E-state index contributed by atoms with van der Waals surface area (Å²) in [6.45, 7) is 0. The third-order valence-corrected chi connectivity index (χ3v) is 13.7. The molecule has 0 aliphatic rings. The molecule has 0 amide bonds. The predicted octanol–water partition coefficient (Wildman–Crippen LogP) is 18.4. The van der Waals surface area contributed by atoms with Crippen LogP contribution >= 0.6 is 0 Å². The van der Waals surface area contributed by atoms with Crippen LogP contribution in [-0.4, -0.2) is 4.57 Å². The Kier molecular flexibility index (Phi) is 9.54. The quantitative estimate of drug-likeness (QED) is 0.138. The van der Waals surface area contributed by atoms with Gasteiger partial charge in [0.2, 0.25) is 0 Å². The van der Waals surface area contributed by atoms with Crippen molar-refractivity contribution in [2.24, 2.45) is 0 Å². The average molecular weight is 865 g/mol. The van der Waals surface area contributed by atoms with Crippen molar-refractivity contribution >= 4 is 71.2 Å². The molecule has 0 radical (unpaired) electrons. The second-order valence-electron chi connectivity index (χ2n) is 17.7. The van der Waals surface area contributed by atoms with Crippen molar-refractivity contribution in [3.63, 3.8) is 0 Å². The number of anilines is 3. The molecule has 0 atom stereocenters. The van der Waals surface area contributed by atoms with Crippen LogP contribution in [0.15, 0.2) is 267 Å². The van der Waals surface area contributed by atoms with Gasteiger partial charge >= 0.3 is 0 Å². The van der Waals surface area contributed by atoms with Crippen molar-refractivity contribution in [3.05, 3.63) is 267 Å². The molecule has 13 aromatic rings. The maximum Gasteiger partial charge on any atom is 0.0561 e. The van der Waals surface area contributed by atoms with E-state index >= 15 is 0 Å². The normalized spacial score (nSPS) is 11.5. The largest absolute Gasteiger partial charge is 0.310 e. The fourth-order valence-electron chi connectivity index (χ4n) is 10.6. The molecule has 0 saturated heterocycles. The molecule has 318 valence electrons. The van der Waals surface area contributed by atoms with Gasteiger partial charge in [0.05, 0.1) is 11.0 Å². The fraction of sp³-hybridized carbons (Fsp3) is 0. The van der Waals surface area contributed by atoms with Crippen molar-refractivity contribution in [3.8, 4) is 50.2 Å². The molecule has 0 unspecified atom stereocenters. The predicted molar refractivity (Wildman–Crippen MR) is 290 cm³/mol. The molecule has 2 nitrogen and oxygen atoms in total. The van der Waals surface area contributed by atoms with E-state index in [2.05, 4.69) is 276 Å². The van der Waals surface area contributed by atoms with Crippen molar-refractivity contribution < 1.29 is 0 Å². The third-order valence-electron chi connectivity index (χ3n) is 13.7. The minimum Gasteiger partial charge on any atom is -0.310 e. The van der Waals surface area contributed by atoms with Crippen LogP contribution in [0.1, 0.15) is 0 Å². The maximum atomic E-state index is 2.43. The number of nitrogens with zero attached hydrogens (tertiary/aromatic N) is 2. The molecule has 2 heteroatoms. The lowest BCUT2D eigenvalue weighted by Crippen LogP contribution is -2.10. The van der Waals surface area contributed by atoms with E-state index < -0.39 is 0 Å². The van der Waals surface area contributed by atoms with Crippen LogP contribution in [0, 0.1) is 0 Å². The summed E-state index contributed by atoms with van der Waals surface area (Å²) in [7, 11) is 0. The zero-order chi connectivity index (χ0) is 45.0. The second-order valence-corrected chi connectivity index (χ2v) is 17.7. The molecule has 13 rings (SSSR count). The van der Waals surface area contributed by atoms with E-state index in [1.165, 1.54) is 87.6 Å². The Morgan fingerprint density at radius 2 is 0.691 bits per heavy atom. The molecular weight excluding hydrogens is 821 g/mol. The van der Waals surface area contributed by atoms with Crippen LogP contribution in [-0.2, 0) is 0 Å². The number of para-hydroxylation sites is 1. The van der Waals surface area contributed by atoms with Gasteiger partial charge in [-0.25, -0.2) is 0 Å². The summed E-state index contributed by atoms with van der Waals surface area (Å²) < 4.78 is 2.43. The molecule has 1 heterocycles. The van der Waals surface area contributed by atoms with Crippen LogP contribution in [0.2, 0.25) is 0 Å². The van der Waals surface area contributed by atoms with Crippen molar-refractivity contribution in [2.45, 2.75) is 0 Å². The summed E-state index contributed by atoms with van der Waals surface area (Å²) in [4.78, 5) is 2.40. The van der Waals surface area contributed by atoms with Gasteiger partial charge in [-0.15, -0.1) is 0 Å². The summed E-state index contributed by atoms with van der Waals surface area (Å²) in [6.07, 6.45) is 0. The first-order valence-corrected chi connectivity index (χ1v) is 23.4. The molecule has 12 aromatic carbocycles. The van der Waals surface area contributed by atoms with Crippen molar-refractivity contribution in [1.82, 2.24) is 4.57 Å². The van der Waals surface area contributed by atoms with E-state index in [0.29, 0.717) is 0 Å². The molecule has 0 fully saturated rings. The highest BCUT2D eigenvalue weighted by Crippen LogP contribution is 2.46. The van der Waals surface area contributed by atoms with Gasteiger partial charge in [0.15, 0.2) is 0 Å². The topological polar surface area (TPSA) is 8.17 Å². The molecule has 1 aromatic heterocycles. The van der Waals surface area contributed by atoms with Gasteiger partial charge in [-0.2, -0.15) is 0 Å². The lowest BCUT2D eigenvalue weighted by molar-refractivity contribution is 1.18. The van der Waals surface area contributed by atoms with E-state index in [1.807, 2.05) is 0 Å². The van der Waals surface area contributed by atoms with E-state index in [9.17, 15) is 0 Å². The van der Waals surface area contributed by atoms with E-state index in [4.69, 9.17) is 0 Å². The zero-order valence-corrected chi connectivity index (χ0v) is 37.3. The van der Waals surface area contributed by atoms with Gasteiger partial charge in [-0.3, -0.25) is 0 Å². The fourth-order valence-corrected chi connectivity index (χ4v) is 10.6. The minimum atomic E-state index is 1.08. The monoisotopic (exact) mass is 864 g/mol. The Morgan fingerprint density at radius 3 is 1.37 bits per heavy atom. The zero-order valence-electron chi connectivity index (χ0n) is 37.3. The third kappa shape index (κ3) is 6.73. The molecular formula is C66H44N2. The smallest absolute Gasteiger partial charge is 0.0561 e. The highest BCUT2D eigenvalue weighted by molar-refractivity contribution is 6.22. The standard InChI is InChI=1S/C66H44N2/c1-4-16-45(17-5-1)47-28-34-53(35-29-47)67(56-39-41-60-59-25-14-15-27-63(59)68(64(60)44-56)55-38-32-46-18-10-11-23-51(46)42-55)54-36-30-48(31-37-54)52-33-40-58-57-24-12-13-26-61(57)65(49-19-6-2-7-20-49)66(62(58)43-52)50-21-8-3-9-22-50/h1-44H. The van der Waals surface area contributed by atoms with Gasteiger partial charge < -0.3 is 9.47 Å². The average Bonchev–Trinajstić information content (AvgIpc) is 3.75. The molecule has 0 aliphatic heterocycles. The Morgan fingerprint density at radius 1 is 0.235 bits per heavy atom. The Labute approximate surface area is 395 Å². The summed E-state index contributed by atoms with van der Waals surface area (Å²) in [6, 6.07) is 97.5. The number of fused-ring (bicyclic) bond motifs is 7. The van der Waals surface area contributed by atoms with Gasteiger partial charge in [0, 0.05) is 33.5 Å². The highest BCUT2D eigenvalue weighted by atomic mass is 15.1. The Bertz CT molecular complexity index is 3980. The van der Waals surface area contributed by atoms with Crippen molar-refractivity contribution in [1.29, 1.82) is 0 Å². The van der Waals surface area contributed by atoms with Crippen LogP contribution in [0.25, 0.3) is 104 Å². The number of aromatic nitrogens is 1. The molecule has 68 heavy (non-hydrogen) atoms. The number of benzene rings is 12. The van der Waals surface area contributed by atoms with E-state index in [-0.39, 0.29) is 0 Å². The van der Waals surface area contributed by atoms with Gasteiger partial charge in [-0.05, 0) is 137 Å². The SMILES string of the molecule is c1ccc(-c2ccc(N(c3ccc(-c4ccc5c(c4)c(-c4ccccc4)c(-c4ccccc4)c4ccccc45)cc3)c3ccc4c5ccccc5n(-c5ccc6ccccc6c5)c4c3)cc2)cc1. The lowest BCUT2D eigenvalue weighted by Gasteiger charge is -2.26. The molecule has 0 aliphatic carbocycles. The van der Waals surface area contributed by atoms with Gasteiger partial charge in [0.25, 0.3) is 0 Å². The first-order chi connectivity index (χ1) is 33.7. The molecule has 0 bridgehead atoms. The number of hydrogen-bond donors (Lipinski definition) is 0.